The number of ether oxygens (including phenoxy) is 1. The van der Waals surface area contributed by atoms with Crippen molar-refractivity contribution in [1.82, 2.24) is 4.90 Å². The molecule has 1 fully saturated rings. The van der Waals surface area contributed by atoms with Gasteiger partial charge in [0, 0.05) is 26.0 Å². The van der Waals surface area contributed by atoms with E-state index in [1.54, 1.807) is 0 Å². The van der Waals surface area contributed by atoms with Crippen LogP contribution in [0.15, 0.2) is 0 Å². The highest BCUT2D eigenvalue weighted by atomic mass is 16.5. The van der Waals surface area contributed by atoms with Gasteiger partial charge in [0.2, 0.25) is 5.91 Å². The van der Waals surface area contributed by atoms with E-state index in [0.717, 1.165) is 56.7 Å². The molecule has 0 unspecified atom stereocenters. The minimum absolute atomic E-state index is 0.326. The zero-order valence-electron chi connectivity index (χ0n) is 16.5. The molecule has 1 aliphatic heterocycles. The second-order valence-corrected chi connectivity index (χ2v) is 8.00. The van der Waals surface area contributed by atoms with E-state index >= 15 is 0 Å². The lowest BCUT2D eigenvalue weighted by Crippen LogP contribution is -2.49. The molecule has 1 amide bonds. The minimum Gasteiger partial charge on any atom is -0.381 e. The second-order valence-electron chi connectivity index (χ2n) is 8.00. The molecule has 4 heteroatoms. The zero-order chi connectivity index (χ0) is 17.7. The fraction of sp³-hybridized carbons (Fsp3) is 0.950. The number of nitrogens with zero attached hydrogens (tertiary/aromatic N) is 2. The Morgan fingerprint density at radius 1 is 0.958 bits per heavy atom. The van der Waals surface area contributed by atoms with Gasteiger partial charge >= 0.3 is 0 Å². The van der Waals surface area contributed by atoms with Crippen molar-refractivity contribution in [3.8, 4) is 0 Å². The summed E-state index contributed by atoms with van der Waals surface area (Å²) in [5.41, 5.74) is 0. The fourth-order valence-corrected chi connectivity index (χ4v) is 3.42. The van der Waals surface area contributed by atoms with E-state index in [-0.39, 0.29) is 0 Å². The Labute approximate surface area is 150 Å². The molecular formula is C20H41N2O2+. The third-order valence-corrected chi connectivity index (χ3v) is 4.92. The standard InChI is InChI=1S/C20H41N2O2/c1-4-5-6-7-8-9-10-11-17-24-18-13-16-22(2,3)19-21-15-12-14-20(21)23/h4-19H2,1-3H3/q+1. The van der Waals surface area contributed by atoms with Gasteiger partial charge in [-0.3, -0.25) is 9.69 Å². The number of amides is 1. The molecule has 0 aromatic heterocycles. The molecule has 1 aliphatic rings. The van der Waals surface area contributed by atoms with E-state index in [0.29, 0.717) is 5.91 Å². The fourth-order valence-electron chi connectivity index (χ4n) is 3.42. The lowest BCUT2D eigenvalue weighted by atomic mass is 10.1. The van der Waals surface area contributed by atoms with Gasteiger partial charge in [0.15, 0.2) is 6.67 Å². The summed E-state index contributed by atoms with van der Waals surface area (Å²) < 4.78 is 6.66. The Morgan fingerprint density at radius 2 is 1.58 bits per heavy atom. The zero-order valence-corrected chi connectivity index (χ0v) is 16.5. The molecule has 1 rings (SSSR count). The van der Waals surface area contributed by atoms with Crippen LogP contribution in [-0.2, 0) is 9.53 Å². The van der Waals surface area contributed by atoms with Gasteiger partial charge in [-0.2, -0.15) is 0 Å². The highest BCUT2D eigenvalue weighted by Gasteiger charge is 2.26. The van der Waals surface area contributed by atoms with Crippen molar-refractivity contribution in [2.24, 2.45) is 0 Å². The molecule has 24 heavy (non-hydrogen) atoms. The molecule has 0 bridgehead atoms. The number of unbranched alkanes of at least 4 members (excludes halogenated alkanes) is 7. The summed E-state index contributed by atoms with van der Waals surface area (Å²) in [6.07, 6.45) is 13.6. The number of carbonyl (C=O) groups excluding carboxylic acids is 1. The predicted molar refractivity (Wildman–Crippen MR) is 101 cm³/mol. The molecule has 0 aromatic carbocycles. The summed E-state index contributed by atoms with van der Waals surface area (Å²) in [5, 5.41) is 0. The molecule has 0 atom stereocenters. The smallest absolute Gasteiger partial charge is 0.226 e. The first kappa shape index (κ1) is 21.4. The van der Waals surface area contributed by atoms with Gasteiger partial charge in [-0.05, 0) is 12.8 Å². The molecule has 0 radical (unpaired) electrons. The quantitative estimate of drug-likeness (QED) is 0.330. The van der Waals surface area contributed by atoms with Gasteiger partial charge in [-0.1, -0.05) is 51.9 Å². The third kappa shape index (κ3) is 10.3. The number of likely N-dealkylation sites (tertiary alicyclic amines) is 1. The van der Waals surface area contributed by atoms with Crippen molar-refractivity contribution in [1.29, 1.82) is 0 Å². The lowest BCUT2D eigenvalue weighted by Gasteiger charge is -2.33. The predicted octanol–water partition coefficient (Wildman–Crippen LogP) is 4.19. The normalized spacial score (nSPS) is 15.5. The first-order valence-corrected chi connectivity index (χ1v) is 10.2. The van der Waals surface area contributed by atoms with Gasteiger partial charge in [-0.15, -0.1) is 0 Å². The Kier molecular flexibility index (Phi) is 11.4. The summed E-state index contributed by atoms with van der Waals surface area (Å²) in [6, 6.07) is 0. The van der Waals surface area contributed by atoms with E-state index in [2.05, 4.69) is 21.0 Å². The largest absolute Gasteiger partial charge is 0.381 e. The highest BCUT2D eigenvalue weighted by Crippen LogP contribution is 2.13. The number of carbonyl (C=O) groups is 1. The molecular weight excluding hydrogens is 300 g/mol. The average Bonchev–Trinajstić information content (AvgIpc) is 2.93. The van der Waals surface area contributed by atoms with E-state index in [4.69, 9.17) is 4.74 Å². The Balaban J connectivity index is 1.89. The van der Waals surface area contributed by atoms with Crippen molar-refractivity contribution >= 4 is 5.91 Å². The van der Waals surface area contributed by atoms with Crippen molar-refractivity contribution in [2.45, 2.75) is 77.6 Å². The van der Waals surface area contributed by atoms with Gasteiger partial charge in [0.25, 0.3) is 0 Å². The molecule has 0 aliphatic carbocycles. The van der Waals surface area contributed by atoms with Crippen LogP contribution in [0.2, 0.25) is 0 Å². The second kappa shape index (κ2) is 12.7. The highest BCUT2D eigenvalue weighted by molar-refractivity contribution is 5.77. The summed E-state index contributed by atoms with van der Waals surface area (Å²) in [4.78, 5) is 13.7. The van der Waals surface area contributed by atoms with Crippen LogP contribution in [0.3, 0.4) is 0 Å². The first-order chi connectivity index (χ1) is 11.5. The topological polar surface area (TPSA) is 29.5 Å². The maximum Gasteiger partial charge on any atom is 0.226 e. The monoisotopic (exact) mass is 341 g/mol. The van der Waals surface area contributed by atoms with Crippen LogP contribution in [-0.4, -0.2) is 62.4 Å². The number of hydrogen-bond acceptors (Lipinski definition) is 2. The van der Waals surface area contributed by atoms with Gasteiger partial charge in [-0.25, -0.2) is 0 Å². The summed E-state index contributed by atoms with van der Waals surface area (Å²) >= 11 is 0. The maximum absolute atomic E-state index is 11.7. The van der Waals surface area contributed by atoms with Crippen molar-refractivity contribution < 1.29 is 14.0 Å². The Bertz CT molecular complexity index is 332. The van der Waals surface area contributed by atoms with Crippen molar-refractivity contribution in [2.75, 3.05) is 47.1 Å². The van der Waals surface area contributed by atoms with Crippen molar-refractivity contribution in [3.63, 3.8) is 0 Å². The number of rotatable bonds is 15. The van der Waals surface area contributed by atoms with Gasteiger partial charge in [0.1, 0.15) is 0 Å². The molecule has 142 valence electrons. The molecule has 0 aromatic rings. The van der Waals surface area contributed by atoms with E-state index in [1.165, 1.54) is 51.4 Å². The average molecular weight is 342 g/mol. The van der Waals surface area contributed by atoms with E-state index < -0.39 is 0 Å². The van der Waals surface area contributed by atoms with Gasteiger partial charge in [0.05, 0.1) is 27.2 Å². The molecule has 0 spiro atoms. The van der Waals surface area contributed by atoms with Crippen LogP contribution in [0.4, 0.5) is 0 Å². The van der Waals surface area contributed by atoms with Crippen molar-refractivity contribution in [3.05, 3.63) is 0 Å². The van der Waals surface area contributed by atoms with Crippen LogP contribution >= 0.6 is 0 Å². The minimum atomic E-state index is 0.326. The molecule has 0 saturated carbocycles. The summed E-state index contributed by atoms with van der Waals surface area (Å²) in [6.45, 7) is 6.88. The molecule has 4 nitrogen and oxygen atoms in total. The number of hydrogen-bond donors (Lipinski definition) is 0. The summed E-state index contributed by atoms with van der Waals surface area (Å²) in [5.74, 6) is 0.326. The molecule has 1 heterocycles. The van der Waals surface area contributed by atoms with Crippen LogP contribution < -0.4 is 0 Å². The van der Waals surface area contributed by atoms with Gasteiger partial charge < -0.3 is 9.22 Å². The van der Waals surface area contributed by atoms with Crippen LogP contribution in [0.25, 0.3) is 0 Å². The molecule has 0 N–H and O–H groups in total. The maximum atomic E-state index is 11.7. The van der Waals surface area contributed by atoms with E-state index in [1.807, 2.05) is 4.90 Å². The SMILES string of the molecule is CCCCCCCCCCOCCC[N+](C)(C)CN1CCCC1=O. The van der Waals surface area contributed by atoms with Crippen LogP contribution in [0.5, 0.6) is 0 Å². The van der Waals surface area contributed by atoms with Crippen LogP contribution in [0.1, 0.15) is 77.6 Å². The Morgan fingerprint density at radius 3 is 2.21 bits per heavy atom. The third-order valence-electron chi connectivity index (χ3n) is 4.92. The van der Waals surface area contributed by atoms with E-state index in [9.17, 15) is 4.79 Å². The Hall–Kier alpha value is -0.610. The molecule has 1 saturated heterocycles. The first-order valence-electron chi connectivity index (χ1n) is 10.2. The summed E-state index contributed by atoms with van der Waals surface area (Å²) in [7, 11) is 4.42. The lowest BCUT2D eigenvalue weighted by molar-refractivity contribution is -0.899. The van der Waals surface area contributed by atoms with Crippen LogP contribution in [0, 0.1) is 0 Å². The number of quaternary nitrogens is 1.